The van der Waals surface area contributed by atoms with Crippen LogP contribution in [0.15, 0.2) is 60.9 Å². The number of benzene rings is 2. The molecule has 0 amide bonds. The molecule has 6 nitrogen and oxygen atoms in total. The molecule has 25 heavy (non-hydrogen) atoms. The summed E-state index contributed by atoms with van der Waals surface area (Å²) >= 11 is 0. The molecular formula is C19H18N4O2. The smallest absolute Gasteiger partial charge is 0.226 e. The van der Waals surface area contributed by atoms with Crippen LogP contribution in [0.4, 0.5) is 5.95 Å². The van der Waals surface area contributed by atoms with Crippen molar-refractivity contribution < 1.29 is 9.47 Å². The van der Waals surface area contributed by atoms with Crippen LogP contribution in [0.25, 0.3) is 5.70 Å². The first-order valence-electron chi connectivity index (χ1n) is 7.95. The van der Waals surface area contributed by atoms with Crippen LogP contribution in [-0.2, 0) is 0 Å². The number of hydrogen-bond acceptors (Lipinski definition) is 5. The molecule has 6 heteroatoms. The summed E-state index contributed by atoms with van der Waals surface area (Å²) < 4.78 is 12.6. The van der Waals surface area contributed by atoms with Gasteiger partial charge < -0.3 is 14.8 Å². The van der Waals surface area contributed by atoms with Crippen molar-refractivity contribution in [3.63, 3.8) is 0 Å². The molecule has 0 bridgehead atoms. The molecule has 1 aromatic heterocycles. The number of ether oxygens (including phenoxy) is 2. The van der Waals surface area contributed by atoms with Crippen LogP contribution in [-0.4, -0.2) is 29.0 Å². The van der Waals surface area contributed by atoms with Crippen molar-refractivity contribution in [1.29, 1.82) is 0 Å². The largest absolute Gasteiger partial charge is 0.497 e. The lowest BCUT2D eigenvalue weighted by molar-refractivity contribution is 0.413. The van der Waals surface area contributed by atoms with Crippen LogP contribution in [0.3, 0.4) is 0 Å². The zero-order valence-corrected chi connectivity index (χ0v) is 14.0. The van der Waals surface area contributed by atoms with E-state index in [1.165, 1.54) is 0 Å². The van der Waals surface area contributed by atoms with Gasteiger partial charge in [-0.25, -0.2) is 4.68 Å². The molecule has 1 unspecified atom stereocenters. The van der Waals surface area contributed by atoms with Crippen LogP contribution in [0.5, 0.6) is 11.5 Å². The van der Waals surface area contributed by atoms with Gasteiger partial charge in [0.1, 0.15) is 23.9 Å². The van der Waals surface area contributed by atoms with Crippen LogP contribution < -0.4 is 14.8 Å². The van der Waals surface area contributed by atoms with Gasteiger partial charge in [0, 0.05) is 11.3 Å². The molecule has 1 N–H and O–H groups in total. The van der Waals surface area contributed by atoms with Gasteiger partial charge in [-0.3, -0.25) is 0 Å². The Hall–Kier alpha value is -3.28. The van der Waals surface area contributed by atoms with Crippen molar-refractivity contribution in [2.45, 2.75) is 6.04 Å². The molecule has 2 heterocycles. The Morgan fingerprint density at radius 2 is 1.76 bits per heavy atom. The fourth-order valence-electron chi connectivity index (χ4n) is 2.96. The Balaban J connectivity index is 1.80. The molecule has 3 aromatic rings. The monoisotopic (exact) mass is 334 g/mol. The summed E-state index contributed by atoms with van der Waals surface area (Å²) in [5.41, 5.74) is 3.07. The topological polar surface area (TPSA) is 61.2 Å². The zero-order chi connectivity index (χ0) is 17.2. The Morgan fingerprint density at radius 1 is 1.00 bits per heavy atom. The fourth-order valence-corrected chi connectivity index (χ4v) is 2.96. The molecule has 1 aliphatic rings. The van der Waals surface area contributed by atoms with Crippen LogP contribution in [0.1, 0.15) is 17.2 Å². The van der Waals surface area contributed by atoms with E-state index in [1.807, 2.05) is 47.1 Å². The molecule has 1 aliphatic heterocycles. The maximum absolute atomic E-state index is 5.36. The van der Waals surface area contributed by atoms with Crippen molar-refractivity contribution >= 4 is 11.6 Å². The number of aromatic nitrogens is 3. The van der Waals surface area contributed by atoms with Gasteiger partial charge in [0.2, 0.25) is 5.95 Å². The first-order valence-corrected chi connectivity index (χ1v) is 7.95. The standard InChI is InChI=1S/C19H18N4O2/c1-24-15-7-3-5-13(9-15)17-11-18(23-19(22-17)20-12-21-23)14-6-4-8-16(10-14)25-2/h3-12,18H,1-2H3,(H,20,21,22). The predicted octanol–water partition coefficient (Wildman–Crippen LogP) is 3.35. The molecule has 1 atom stereocenters. The highest BCUT2D eigenvalue weighted by Crippen LogP contribution is 2.33. The maximum Gasteiger partial charge on any atom is 0.226 e. The summed E-state index contributed by atoms with van der Waals surface area (Å²) in [7, 11) is 3.33. The third-order valence-corrected chi connectivity index (χ3v) is 4.22. The van der Waals surface area contributed by atoms with E-state index >= 15 is 0 Å². The minimum Gasteiger partial charge on any atom is -0.497 e. The van der Waals surface area contributed by atoms with E-state index < -0.39 is 0 Å². The normalized spacial score (nSPS) is 15.8. The van der Waals surface area contributed by atoms with Gasteiger partial charge in [0.05, 0.1) is 14.2 Å². The Kier molecular flexibility index (Phi) is 3.85. The van der Waals surface area contributed by atoms with E-state index in [4.69, 9.17) is 9.47 Å². The minimum atomic E-state index is -0.0740. The van der Waals surface area contributed by atoms with E-state index in [2.05, 4.69) is 27.5 Å². The maximum atomic E-state index is 5.36. The Morgan fingerprint density at radius 3 is 2.56 bits per heavy atom. The second-order valence-corrected chi connectivity index (χ2v) is 5.69. The van der Waals surface area contributed by atoms with Crippen molar-refractivity contribution in [3.8, 4) is 11.5 Å². The first-order chi connectivity index (χ1) is 12.3. The van der Waals surface area contributed by atoms with E-state index in [1.54, 1.807) is 20.5 Å². The third kappa shape index (κ3) is 2.82. The van der Waals surface area contributed by atoms with Gasteiger partial charge in [-0.05, 0) is 35.9 Å². The highest BCUT2D eigenvalue weighted by atomic mass is 16.5. The average Bonchev–Trinajstić information content (AvgIpc) is 3.16. The summed E-state index contributed by atoms with van der Waals surface area (Å²) in [5, 5.41) is 7.70. The number of hydrogen-bond donors (Lipinski definition) is 1. The molecular weight excluding hydrogens is 316 g/mol. The summed E-state index contributed by atoms with van der Waals surface area (Å²) in [6.07, 6.45) is 3.68. The van der Waals surface area contributed by atoms with E-state index in [-0.39, 0.29) is 6.04 Å². The quantitative estimate of drug-likeness (QED) is 0.793. The first kappa shape index (κ1) is 15.3. The molecule has 0 saturated carbocycles. The number of nitrogens with zero attached hydrogens (tertiary/aromatic N) is 3. The minimum absolute atomic E-state index is 0.0740. The van der Waals surface area contributed by atoms with Gasteiger partial charge in [-0.2, -0.15) is 10.1 Å². The highest BCUT2D eigenvalue weighted by Gasteiger charge is 2.23. The van der Waals surface area contributed by atoms with Gasteiger partial charge in [0.25, 0.3) is 0 Å². The highest BCUT2D eigenvalue weighted by molar-refractivity contribution is 5.77. The Bertz CT molecular complexity index is 932. The van der Waals surface area contributed by atoms with Gasteiger partial charge >= 0.3 is 0 Å². The fraction of sp³-hybridized carbons (Fsp3) is 0.158. The van der Waals surface area contributed by atoms with Gasteiger partial charge in [-0.1, -0.05) is 24.3 Å². The SMILES string of the molecule is COc1cccc(C2=CC(c3cccc(OC)c3)n3ncnc3N2)c1. The van der Waals surface area contributed by atoms with Crippen molar-refractivity contribution in [1.82, 2.24) is 14.8 Å². The van der Waals surface area contributed by atoms with Crippen LogP contribution >= 0.6 is 0 Å². The lowest BCUT2D eigenvalue weighted by atomic mass is 10.0. The number of rotatable bonds is 4. The third-order valence-electron chi connectivity index (χ3n) is 4.22. The second kappa shape index (κ2) is 6.32. The summed E-state index contributed by atoms with van der Waals surface area (Å²) in [6.45, 7) is 0. The van der Waals surface area contributed by atoms with Crippen molar-refractivity contribution in [2.75, 3.05) is 19.5 Å². The summed E-state index contributed by atoms with van der Waals surface area (Å²) in [6, 6.07) is 15.8. The number of anilines is 1. The van der Waals surface area contributed by atoms with Crippen LogP contribution in [0.2, 0.25) is 0 Å². The van der Waals surface area contributed by atoms with E-state index in [9.17, 15) is 0 Å². The van der Waals surface area contributed by atoms with Gasteiger partial charge in [-0.15, -0.1) is 0 Å². The zero-order valence-electron chi connectivity index (χ0n) is 14.0. The molecule has 0 saturated heterocycles. The molecule has 126 valence electrons. The summed E-state index contributed by atoms with van der Waals surface area (Å²) in [5.74, 6) is 2.33. The Labute approximate surface area is 145 Å². The molecule has 0 fully saturated rings. The molecule has 0 aliphatic carbocycles. The molecule has 4 rings (SSSR count). The van der Waals surface area contributed by atoms with E-state index in [0.29, 0.717) is 5.95 Å². The van der Waals surface area contributed by atoms with Gasteiger partial charge in [0.15, 0.2) is 0 Å². The lowest BCUT2D eigenvalue weighted by Gasteiger charge is -2.24. The molecule has 0 radical (unpaired) electrons. The number of allylic oxidation sites excluding steroid dienone is 1. The van der Waals surface area contributed by atoms with Crippen LogP contribution in [0, 0.1) is 0 Å². The number of fused-ring (bicyclic) bond motifs is 1. The number of methoxy groups -OCH3 is 2. The average molecular weight is 334 g/mol. The summed E-state index contributed by atoms with van der Waals surface area (Å²) in [4.78, 5) is 4.33. The number of nitrogens with one attached hydrogen (secondary N) is 1. The molecule has 2 aromatic carbocycles. The molecule has 0 spiro atoms. The van der Waals surface area contributed by atoms with Crippen molar-refractivity contribution in [2.24, 2.45) is 0 Å². The second-order valence-electron chi connectivity index (χ2n) is 5.69. The lowest BCUT2D eigenvalue weighted by Crippen LogP contribution is -2.20. The van der Waals surface area contributed by atoms with E-state index in [0.717, 1.165) is 28.3 Å². The van der Waals surface area contributed by atoms with Crippen molar-refractivity contribution in [3.05, 3.63) is 72.1 Å². The predicted molar refractivity (Wildman–Crippen MR) is 95.7 cm³/mol.